The second-order valence-electron chi connectivity index (χ2n) is 4.51. The number of carboxylic acid groups (broad SMARTS) is 1. The van der Waals surface area contributed by atoms with E-state index in [-0.39, 0.29) is 12.3 Å². The number of carbonyl (C=O) groups excluding carboxylic acids is 1. The molecule has 2 aromatic carbocycles. The van der Waals surface area contributed by atoms with E-state index in [1.54, 1.807) is 12.1 Å². The van der Waals surface area contributed by atoms with E-state index in [0.29, 0.717) is 5.56 Å². The normalized spacial score (nSPS) is 11.7. The summed E-state index contributed by atoms with van der Waals surface area (Å²) in [7, 11) is 0. The number of aliphatic carboxylic acids is 1. The summed E-state index contributed by atoms with van der Waals surface area (Å²) >= 11 is 2.09. The number of carbonyl (C=O) groups is 2. The van der Waals surface area contributed by atoms with Crippen LogP contribution in [-0.4, -0.2) is 17.0 Å². The molecule has 0 spiro atoms. The fraction of sp³-hybridized carbons (Fsp3) is 0.125. The Balaban J connectivity index is 2.21. The Morgan fingerprint density at radius 1 is 1.05 bits per heavy atom. The Kier molecular flexibility index (Phi) is 5.32. The second kappa shape index (κ2) is 7.21. The van der Waals surface area contributed by atoms with Crippen LogP contribution in [0.4, 0.5) is 0 Å². The zero-order chi connectivity index (χ0) is 15.2. The quantitative estimate of drug-likeness (QED) is 0.765. The van der Waals surface area contributed by atoms with Crippen molar-refractivity contribution in [1.29, 1.82) is 0 Å². The van der Waals surface area contributed by atoms with Crippen molar-refractivity contribution < 1.29 is 14.7 Å². The van der Waals surface area contributed by atoms with Gasteiger partial charge in [0.2, 0.25) is 0 Å². The first-order valence-corrected chi connectivity index (χ1v) is 7.48. The van der Waals surface area contributed by atoms with Crippen LogP contribution in [0.2, 0.25) is 0 Å². The maximum atomic E-state index is 12.3. The highest BCUT2D eigenvalue weighted by molar-refractivity contribution is 14.1. The maximum absolute atomic E-state index is 12.3. The number of benzene rings is 2. The van der Waals surface area contributed by atoms with Gasteiger partial charge in [0.1, 0.15) is 0 Å². The van der Waals surface area contributed by atoms with Gasteiger partial charge in [-0.3, -0.25) is 9.59 Å². The molecule has 0 saturated carbocycles. The largest absolute Gasteiger partial charge is 0.481 e. The van der Waals surface area contributed by atoms with E-state index in [0.717, 1.165) is 9.13 Å². The molecule has 1 amide bonds. The molecule has 0 aliphatic heterocycles. The number of rotatable bonds is 5. The van der Waals surface area contributed by atoms with Crippen molar-refractivity contribution in [2.45, 2.75) is 12.5 Å². The Morgan fingerprint density at radius 2 is 1.67 bits per heavy atom. The average molecular weight is 395 g/mol. The fourth-order valence-corrected chi connectivity index (χ4v) is 2.63. The fourth-order valence-electron chi connectivity index (χ4n) is 1.99. The minimum absolute atomic E-state index is 0.154. The highest BCUT2D eigenvalue weighted by Crippen LogP contribution is 2.19. The van der Waals surface area contributed by atoms with Gasteiger partial charge in [0.15, 0.2) is 0 Å². The minimum Gasteiger partial charge on any atom is -0.481 e. The average Bonchev–Trinajstić information content (AvgIpc) is 2.47. The number of carboxylic acids is 1. The SMILES string of the molecule is O=C(O)CC(NC(=O)c1ccccc1I)c1ccccc1. The molecule has 0 bridgehead atoms. The van der Waals surface area contributed by atoms with E-state index < -0.39 is 12.0 Å². The standard InChI is InChI=1S/C16H14INO3/c17-13-9-5-4-8-12(13)16(21)18-14(10-15(19)20)11-6-2-1-3-7-11/h1-9,14H,10H2,(H,18,21)(H,19,20). The van der Waals surface area contributed by atoms with E-state index in [4.69, 9.17) is 5.11 Å². The summed E-state index contributed by atoms with van der Waals surface area (Å²) in [5, 5.41) is 11.8. The summed E-state index contributed by atoms with van der Waals surface area (Å²) in [6.07, 6.45) is -0.154. The Labute approximate surface area is 136 Å². The van der Waals surface area contributed by atoms with E-state index in [1.165, 1.54) is 0 Å². The van der Waals surface area contributed by atoms with Crippen molar-refractivity contribution in [2.75, 3.05) is 0 Å². The number of nitrogens with one attached hydrogen (secondary N) is 1. The molecule has 2 rings (SSSR count). The molecule has 2 N–H and O–H groups in total. The van der Waals surface area contributed by atoms with Crippen LogP contribution in [0, 0.1) is 3.57 Å². The van der Waals surface area contributed by atoms with Crippen molar-refractivity contribution in [3.63, 3.8) is 0 Å². The van der Waals surface area contributed by atoms with Crippen molar-refractivity contribution in [1.82, 2.24) is 5.32 Å². The summed E-state index contributed by atoms with van der Waals surface area (Å²) in [4.78, 5) is 23.3. The van der Waals surface area contributed by atoms with Crippen LogP contribution < -0.4 is 5.32 Å². The van der Waals surface area contributed by atoms with Gasteiger partial charge < -0.3 is 10.4 Å². The van der Waals surface area contributed by atoms with Crippen LogP contribution in [-0.2, 0) is 4.79 Å². The summed E-state index contributed by atoms with van der Waals surface area (Å²) in [6.45, 7) is 0. The molecule has 0 heterocycles. The van der Waals surface area contributed by atoms with E-state index in [9.17, 15) is 9.59 Å². The van der Waals surface area contributed by atoms with E-state index in [1.807, 2.05) is 42.5 Å². The lowest BCUT2D eigenvalue weighted by Gasteiger charge is -2.18. The monoisotopic (exact) mass is 395 g/mol. The Morgan fingerprint density at radius 3 is 2.29 bits per heavy atom. The van der Waals surface area contributed by atoms with Crippen molar-refractivity contribution in [3.8, 4) is 0 Å². The van der Waals surface area contributed by atoms with Crippen LogP contribution in [0.1, 0.15) is 28.4 Å². The van der Waals surface area contributed by atoms with Gasteiger partial charge in [-0.1, -0.05) is 42.5 Å². The van der Waals surface area contributed by atoms with Crippen LogP contribution in [0.3, 0.4) is 0 Å². The first-order chi connectivity index (χ1) is 10.1. The first kappa shape index (κ1) is 15.5. The molecule has 0 aliphatic rings. The molecular weight excluding hydrogens is 381 g/mol. The topological polar surface area (TPSA) is 66.4 Å². The lowest BCUT2D eigenvalue weighted by Crippen LogP contribution is -2.30. The molecule has 108 valence electrons. The molecule has 1 atom stereocenters. The summed E-state index contributed by atoms with van der Waals surface area (Å²) < 4.78 is 0.828. The van der Waals surface area contributed by atoms with Crippen LogP contribution in [0.5, 0.6) is 0 Å². The third kappa shape index (κ3) is 4.29. The zero-order valence-electron chi connectivity index (χ0n) is 11.1. The van der Waals surface area contributed by atoms with Gasteiger partial charge in [-0.2, -0.15) is 0 Å². The van der Waals surface area contributed by atoms with Gasteiger partial charge in [0, 0.05) is 3.57 Å². The summed E-state index contributed by atoms with van der Waals surface area (Å²) in [6, 6.07) is 15.8. The predicted molar refractivity (Wildman–Crippen MR) is 88.1 cm³/mol. The van der Waals surface area contributed by atoms with Crippen molar-refractivity contribution >= 4 is 34.5 Å². The highest BCUT2D eigenvalue weighted by Gasteiger charge is 2.19. The van der Waals surface area contributed by atoms with Crippen LogP contribution in [0.25, 0.3) is 0 Å². The third-order valence-electron chi connectivity index (χ3n) is 3.00. The van der Waals surface area contributed by atoms with Crippen LogP contribution in [0.15, 0.2) is 54.6 Å². The number of hydrogen-bond acceptors (Lipinski definition) is 2. The smallest absolute Gasteiger partial charge is 0.305 e. The first-order valence-electron chi connectivity index (χ1n) is 6.40. The number of amides is 1. The zero-order valence-corrected chi connectivity index (χ0v) is 13.3. The maximum Gasteiger partial charge on any atom is 0.305 e. The van der Waals surface area contributed by atoms with Gasteiger partial charge in [0.25, 0.3) is 5.91 Å². The van der Waals surface area contributed by atoms with Crippen molar-refractivity contribution in [2.24, 2.45) is 0 Å². The lowest BCUT2D eigenvalue weighted by atomic mass is 10.0. The molecule has 0 saturated heterocycles. The Hall–Kier alpha value is -1.89. The summed E-state index contributed by atoms with van der Waals surface area (Å²) in [5.74, 6) is -1.22. The minimum atomic E-state index is -0.952. The number of halogens is 1. The molecule has 1 unspecified atom stereocenters. The molecule has 2 aromatic rings. The van der Waals surface area contributed by atoms with Gasteiger partial charge in [-0.05, 0) is 40.3 Å². The van der Waals surface area contributed by atoms with E-state index >= 15 is 0 Å². The second-order valence-corrected chi connectivity index (χ2v) is 5.68. The van der Waals surface area contributed by atoms with Gasteiger partial charge in [-0.25, -0.2) is 0 Å². The van der Waals surface area contributed by atoms with Crippen LogP contribution >= 0.6 is 22.6 Å². The number of hydrogen-bond donors (Lipinski definition) is 2. The summed E-state index contributed by atoms with van der Waals surface area (Å²) in [5.41, 5.74) is 1.32. The molecule has 5 heteroatoms. The third-order valence-corrected chi connectivity index (χ3v) is 3.95. The molecule has 4 nitrogen and oxygen atoms in total. The predicted octanol–water partition coefficient (Wildman–Crippen LogP) is 3.24. The van der Waals surface area contributed by atoms with Crippen molar-refractivity contribution in [3.05, 3.63) is 69.3 Å². The van der Waals surface area contributed by atoms with Gasteiger partial charge >= 0.3 is 5.97 Å². The molecular formula is C16H14INO3. The molecule has 0 aromatic heterocycles. The molecule has 21 heavy (non-hydrogen) atoms. The lowest BCUT2D eigenvalue weighted by molar-refractivity contribution is -0.137. The van der Waals surface area contributed by atoms with E-state index in [2.05, 4.69) is 27.9 Å². The molecule has 0 fully saturated rings. The molecule has 0 aliphatic carbocycles. The van der Waals surface area contributed by atoms with Gasteiger partial charge in [-0.15, -0.1) is 0 Å². The van der Waals surface area contributed by atoms with Gasteiger partial charge in [0.05, 0.1) is 18.0 Å². The molecule has 0 radical (unpaired) electrons. The highest BCUT2D eigenvalue weighted by atomic mass is 127. The Bertz CT molecular complexity index is 643.